The van der Waals surface area contributed by atoms with Crippen LogP contribution in [-0.2, 0) is 0 Å². The molecule has 2 heterocycles. The van der Waals surface area contributed by atoms with E-state index in [0.717, 1.165) is 26.1 Å². The molecule has 0 saturated carbocycles. The largest absolute Gasteiger partial charge is 0.490 e. The van der Waals surface area contributed by atoms with Gasteiger partial charge in [-0.1, -0.05) is 0 Å². The highest BCUT2D eigenvalue weighted by Crippen LogP contribution is 2.31. The van der Waals surface area contributed by atoms with E-state index in [1.807, 2.05) is 4.90 Å². The first-order valence-corrected chi connectivity index (χ1v) is 8.33. The molecule has 0 N–H and O–H groups in total. The standard InChI is InChI=1S/C17H22F2N2O3/c1-2-23-15-10-12(5-6-14(15)24-17(18)19)16(22)21-9-8-20-7-3-4-13(20)11-21/h5-6,10,13,17H,2-4,7-9,11H2,1H3. The van der Waals surface area contributed by atoms with Gasteiger partial charge in [-0.15, -0.1) is 0 Å². The van der Waals surface area contributed by atoms with Gasteiger partial charge in [0.2, 0.25) is 0 Å². The molecule has 1 amide bonds. The second-order valence-electron chi connectivity index (χ2n) is 6.06. The molecule has 2 aliphatic rings. The Labute approximate surface area is 140 Å². The number of halogens is 2. The summed E-state index contributed by atoms with van der Waals surface area (Å²) in [6.07, 6.45) is 2.30. The first-order chi connectivity index (χ1) is 11.6. The van der Waals surface area contributed by atoms with Crippen LogP contribution >= 0.6 is 0 Å². The lowest BCUT2D eigenvalue weighted by atomic mass is 10.1. The summed E-state index contributed by atoms with van der Waals surface area (Å²) < 4.78 is 34.7. The Morgan fingerprint density at radius 1 is 1.29 bits per heavy atom. The number of alkyl halides is 2. The molecule has 3 rings (SSSR count). The van der Waals surface area contributed by atoms with Gasteiger partial charge in [0, 0.05) is 31.2 Å². The predicted octanol–water partition coefficient (Wildman–Crippen LogP) is 2.61. The van der Waals surface area contributed by atoms with Crippen LogP contribution in [-0.4, -0.2) is 61.1 Å². The highest BCUT2D eigenvalue weighted by atomic mass is 19.3. The van der Waals surface area contributed by atoms with E-state index in [1.165, 1.54) is 24.6 Å². The number of hydrogen-bond acceptors (Lipinski definition) is 4. The van der Waals surface area contributed by atoms with E-state index in [2.05, 4.69) is 9.64 Å². The number of benzene rings is 1. The van der Waals surface area contributed by atoms with E-state index >= 15 is 0 Å². The number of ether oxygens (including phenoxy) is 2. The topological polar surface area (TPSA) is 42.0 Å². The van der Waals surface area contributed by atoms with E-state index < -0.39 is 6.61 Å². The minimum Gasteiger partial charge on any atom is -0.490 e. The summed E-state index contributed by atoms with van der Waals surface area (Å²) in [7, 11) is 0. The van der Waals surface area contributed by atoms with Crippen molar-refractivity contribution in [1.29, 1.82) is 0 Å². The van der Waals surface area contributed by atoms with Crippen LogP contribution in [0.15, 0.2) is 18.2 Å². The molecule has 0 radical (unpaired) electrons. The van der Waals surface area contributed by atoms with Crippen LogP contribution in [0.3, 0.4) is 0 Å². The van der Waals surface area contributed by atoms with Crippen LogP contribution in [0, 0.1) is 0 Å². The zero-order chi connectivity index (χ0) is 17.1. The van der Waals surface area contributed by atoms with Crippen molar-refractivity contribution >= 4 is 5.91 Å². The normalized spacial score (nSPS) is 21.0. The summed E-state index contributed by atoms with van der Waals surface area (Å²) in [5, 5.41) is 0. The predicted molar refractivity (Wildman–Crippen MR) is 84.7 cm³/mol. The minimum atomic E-state index is -2.93. The zero-order valence-corrected chi connectivity index (χ0v) is 13.7. The first-order valence-electron chi connectivity index (χ1n) is 8.33. The molecule has 2 saturated heterocycles. The van der Waals surface area contributed by atoms with Gasteiger partial charge >= 0.3 is 6.61 Å². The molecule has 0 bridgehead atoms. The molecule has 5 nitrogen and oxygen atoms in total. The van der Waals surface area contributed by atoms with Crippen LogP contribution in [0.25, 0.3) is 0 Å². The van der Waals surface area contributed by atoms with Gasteiger partial charge in [0.25, 0.3) is 5.91 Å². The van der Waals surface area contributed by atoms with Gasteiger partial charge in [-0.2, -0.15) is 8.78 Å². The third kappa shape index (κ3) is 3.61. The molecule has 0 spiro atoms. The number of carbonyl (C=O) groups is 1. The highest BCUT2D eigenvalue weighted by Gasteiger charge is 2.33. The van der Waals surface area contributed by atoms with Crippen molar-refractivity contribution < 1.29 is 23.0 Å². The fraction of sp³-hybridized carbons (Fsp3) is 0.588. The third-order valence-electron chi connectivity index (χ3n) is 4.58. The maximum atomic E-state index is 12.7. The fourth-order valence-electron chi connectivity index (χ4n) is 3.46. The second-order valence-corrected chi connectivity index (χ2v) is 6.06. The molecule has 7 heteroatoms. The molecule has 1 unspecified atom stereocenters. The van der Waals surface area contributed by atoms with Gasteiger partial charge < -0.3 is 14.4 Å². The minimum absolute atomic E-state index is 0.0518. The van der Waals surface area contributed by atoms with Crippen molar-refractivity contribution in [2.24, 2.45) is 0 Å². The summed E-state index contributed by atoms with van der Waals surface area (Å²) in [5.74, 6) is 0.0262. The van der Waals surface area contributed by atoms with Crippen molar-refractivity contribution in [3.63, 3.8) is 0 Å². The van der Waals surface area contributed by atoms with E-state index in [0.29, 0.717) is 24.8 Å². The van der Waals surface area contributed by atoms with Crippen molar-refractivity contribution in [2.45, 2.75) is 32.4 Å². The Bertz CT molecular complexity index is 597. The van der Waals surface area contributed by atoms with Gasteiger partial charge in [0.1, 0.15) is 0 Å². The van der Waals surface area contributed by atoms with Crippen LogP contribution in [0.4, 0.5) is 8.78 Å². The lowest BCUT2D eigenvalue weighted by Crippen LogP contribution is -2.52. The Kier molecular flexibility index (Phi) is 5.18. The van der Waals surface area contributed by atoms with Crippen LogP contribution in [0.2, 0.25) is 0 Å². The van der Waals surface area contributed by atoms with Crippen LogP contribution in [0.5, 0.6) is 11.5 Å². The number of amides is 1. The molecular formula is C17H22F2N2O3. The SMILES string of the molecule is CCOc1cc(C(=O)N2CCN3CCCC3C2)ccc1OC(F)F. The van der Waals surface area contributed by atoms with E-state index in [9.17, 15) is 13.6 Å². The maximum absolute atomic E-state index is 12.7. The molecule has 0 aromatic heterocycles. The van der Waals surface area contributed by atoms with Crippen LogP contribution in [0.1, 0.15) is 30.1 Å². The molecule has 24 heavy (non-hydrogen) atoms. The third-order valence-corrected chi connectivity index (χ3v) is 4.58. The Morgan fingerprint density at radius 3 is 2.88 bits per heavy atom. The first kappa shape index (κ1) is 17.0. The summed E-state index contributed by atoms with van der Waals surface area (Å²) in [4.78, 5) is 17.0. The average molecular weight is 340 g/mol. The summed E-state index contributed by atoms with van der Waals surface area (Å²) in [6, 6.07) is 4.82. The lowest BCUT2D eigenvalue weighted by molar-refractivity contribution is -0.0514. The van der Waals surface area contributed by atoms with E-state index in [-0.39, 0.29) is 17.4 Å². The number of hydrogen-bond donors (Lipinski definition) is 0. The van der Waals surface area contributed by atoms with E-state index in [1.54, 1.807) is 6.92 Å². The van der Waals surface area contributed by atoms with Gasteiger partial charge in [-0.3, -0.25) is 9.69 Å². The highest BCUT2D eigenvalue weighted by molar-refractivity contribution is 5.95. The fourth-order valence-corrected chi connectivity index (χ4v) is 3.46. The second kappa shape index (κ2) is 7.34. The van der Waals surface area contributed by atoms with E-state index in [4.69, 9.17) is 4.74 Å². The van der Waals surface area contributed by atoms with Gasteiger partial charge in [-0.25, -0.2) is 0 Å². The molecule has 1 aromatic rings. The number of carbonyl (C=O) groups excluding carboxylic acids is 1. The molecule has 132 valence electrons. The zero-order valence-electron chi connectivity index (χ0n) is 13.7. The number of piperazine rings is 1. The van der Waals surface area contributed by atoms with Gasteiger partial charge in [0.15, 0.2) is 11.5 Å². The van der Waals surface area contributed by atoms with Crippen molar-refractivity contribution in [1.82, 2.24) is 9.80 Å². The van der Waals surface area contributed by atoms with Gasteiger partial charge in [0.05, 0.1) is 6.61 Å². The smallest absolute Gasteiger partial charge is 0.387 e. The molecule has 2 aliphatic heterocycles. The van der Waals surface area contributed by atoms with Crippen molar-refractivity contribution in [3.05, 3.63) is 23.8 Å². The molecule has 1 aromatic carbocycles. The number of nitrogens with zero attached hydrogens (tertiary/aromatic N) is 2. The Balaban J connectivity index is 1.75. The molecule has 1 atom stereocenters. The monoisotopic (exact) mass is 340 g/mol. The molecule has 2 fully saturated rings. The van der Waals surface area contributed by atoms with Crippen LogP contribution < -0.4 is 9.47 Å². The molecule has 0 aliphatic carbocycles. The lowest BCUT2D eigenvalue weighted by Gasteiger charge is -2.37. The van der Waals surface area contributed by atoms with Gasteiger partial charge in [-0.05, 0) is 44.5 Å². The Hall–Kier alpha value is -1.89. The Morgan fingerprint density at radius 2 is 2.12 bits per heavy atom. The number of rotatable bonds is 5. The van der Waals surface area contributed by atoms with Crippen molar-refractivity contribution in [2.75, 3.05) is 32.8 Å². The number of fused-ring (bicyclic) bond motifs is 1. The quantitative estimate of drug-likeness (QED) is 0.826. The average Bonchev–Trinajstić information content (AvgIpc) is 3.03. The summed E-state index contributed by atoms with van der Waals surface area (Å²) >= 11 is 0. The maximum Gasteiger partial charge on any atom is 0.387 e. The molecular weight excluding hydrogens is 318 g/mol. The summed E-state index contributed by atoms with van der Waals surface area (Å²) in [5.41, 5.74) is 0.437. The summed E-state index contributed by atoms with van der Waals surface area (Å²) in [6.45, 7) is 2.54. The van der Waals surface area contributed by atoms with Crippen molar-refractivity contribution in [3.8, 4) is 11.5 Å².